The molecular weight excluding hydrogens is 562 g/mol. The summed E-state index contributed by atoms with van der Waals surface area (Å²) in [5, 5.41) is 15.0. The van der Waals surface area contributed by atoms with Gasteiger partial charge in [-0.3, -0.25) is 29.5 Å². The minimum atomic E-state index is -0.902. The summed E-state index contributed by atoms with van der Waals surface area (Å²) in [6.07, 6.45) is 3.50. The molecule has 4 rings (SSSR count). The number of methoxy groups -OCH3 is 1. The van der Waals surface area contributed by atoms with Gasteiger partial charge in [0.05, 0.1) is 34.4 Å². The molecule has 10 heteroatoms. The number of pyridine rings is 1. The second-order valence-electron chi connectivity index (χ2n) is 12.6. The van der Waals surface area contributed by atoms with E-state index < -0.39 is 28.6 Å². The van der Waals surface area contributed by atoms with Crippen molar-refractivity contribution in [1.29, 1.82) is 0 Å². The molecule has 0 saturated heterocycles. The number of nitrogens with zero attached hydrogens (tertiary/aromatic N) is 2. The van der Waals surface area contributed by atoms with Crippen molar-refractivity contribution < 1.29 is 28.8 Å². The first-order valence-electron chi connectivity index (χ1n) is 15.0. The van der Waals surface area contributed by atoms with Crippen LogP contribution in [0, 0.1) is 27.9 Å². The van der Waals surface area contributed by atoms with Gasteiger partial charge in [-0.25, -0.2) is 0 Å². The third kappa shape index (κ3) is 8.25. The van der Waals surface area contributed by atoms with Crippen LogP contribution < -0.4 is 5.32 Å². The fourth-order valence-corrected chi connectivity index (χ4v) is 6.03. The summed E-state index contributed by atoms with van der Waals surface area (Å²) < 4.78 is 11.5. The number of carbonyl (C=O) groups is 3. The lowest BCUT2D eigenvalue weighted by Gasteiger charge is -2.32. The van der Waals surface area contributed by atoms with Crippen LogP contribution in [0.5, 0.6) is 0 Å². The maximum atomic E-state index is 13.7. The molecule has 1 aliphatic rings. The molecule has 2 aromatic carbocycles. The van der Waals surface area contributed by atoms with E-state index in [1.807, 2.05) is 51.1 Å². The standard InChI is InChI=1S/C34H41N3O7/c1-21(31(43-5)26-10-8-11-27(26)33(40)44-34(2,3)4)32(39)36-29(18-22-13-15-25(16-14-22)37(41)42)30(38)19-23-17-24-9-6-7-12-28(24)35-20-23/h6-7,9,12-17,20-21,26-27,29,31H,8,10-11,18-19H2,1-5H3,(H,36,39)/t21-,26-,27?,29?,31-/m1/s1. The molecule has 1 saturated carbocycles. The fourth-order valence-electron chi connectivity index (χ4n) is 6.03. The second-order valence-corrected chi connectivity index (χ2v) is 12.6. The van der Waals surface area contributed by atoms with Crippen LogP contribution in [0.25, 0.3) is 10.9 Å². The molecule has 1 aromatic heterocycles. The largest absolute Gasteiger partial charge is 0.460 e. The number of para-hydroxylation sites is 1. The highest BCUT2D eigenvalue weighted by Crippen LogP contribution is 2.39. The Hall–Kier alpha value is -4.18. The zero-order chi connectivity index (χ0) is 32.0. The molecule has 10 nitrogen and oxygen atoms in total. The summed E-state index contributed by atoms with van der Waals surface area (Å²) in [4.78, 5) is 55.6. The van der Waals surface area contributed by atoms with Crippen LogP contribution in [0.2, 0.25) is 0 Å². The fraction of sp³-hybridized carbons (Fsp3) is 0.471. The van der Waals surface area contributed by atoms with Gasteiger partial charge in [0.15, 0.2) is 5.78 Å². The number of nitrogens with one attached hydrogen (secondary N) is 1. The second kappa shape index (κ2) is 14.1. The molecule has 234 valence electrons. The Bertz CT molecular complexity index is 1500. The molecule has 0 aliphatic heterocycles. The Balaban J connectivity index is 1.53. The van der Waals surface area contributed by atoms with Crippen molar-refractivity contribution in [2.24, 2.45) is 17.8 Å². The lowest BCUT2D eigenvalue weighted by molar-refractivity contribution is -0.384. The Kier molecular flexibility index (Phi) is 10.5. The number of carbonyl (C=O) groups excluding carboxylic acids is 3. The SMILES string of the molecule is CO[C@@H]([C@@H]1CCCC1C(=O)OC(C)(C)C)[C@@H](C)C(=O)NC(Cc1ccc([N+](=O)[O-])cc1)C(=O)Cc1cnc2ccccc2c1. The zero-order valence-electron chi connectivity index (χ0n) is 25.9. The van der Waals surface area contributed by atoms with Gasteiger partial charge in [-0.1, -0.05) is 43.7 Å². The molecule has 5 atom stereocenters. The molecule has 0 spiro atoms. The van der Waals surface area contributed by atoms with Gasteiger partial charge in [0.1, 0.15) is 5.60 Å². The number of nitro benzene ring substituents is 1. The summed E-state index contributed by atoms with van der Waals surface area (Å²) in [6.45, 7) is 7.23. The van der Waals surface area contributed by atoms with Crippen LogP contribution in [0.4, 0.5) is 5.69 Å². The van der Waals surface area contributed by atoms with E-state index in [2.05, 4.69) is 10.3 Å². The number of nitro groups is 1. The maximum absolute atomic E-state index is 13.7. The van der Waals surface area contributed by atoms with E-state index in [9.17, 15) is 24.5 Å². The molecular formula is C34H41N3O7. The highest BCUT2D eigenvalue weighted by atomic mass is 16.6. The van der Waals surface area contributed by atoms with Gasteiger partial charge in [-0.05, 0) is 69.2 Å². The number of rotatable bonds is 12. The van der Waals surface area contributed by atoms with Crippen LogP contribution >= 0.6 is 0 Å². The van der Waals surface area contributed by atoms with Gasteiger partial charge in [0.2, 0.25) is 5.91 Å². The normalized spacial score (nSPS) is 18.8. The molecule has 0 bridgehead atoms. The average Bonchev–Trinajstić information content (AvgIpc) is 3.46. The monoisotopic (exact) mass is 603 g/mol. The first kappa shape index (κ1) is 32.7. The number of aromatic nitrogens is 1. The van der Waals surface area contributed by atoms with Gasteiger partial charge in [0, 0.05) is 37.2 Å². The number of esters is 1. The number of fused-ring (bicyclic) bond motifs is 1. The van der Waals surface area contributed by atoms with Gasteiger partial charge >= 0.3 is 5.97 Å². The van der Waals surface area contributed by atoms with Crippen LogP contribution in [-0.4, -0.2) is 52.4 Å². The van der Waals surface area contributed by atoms with Gasteiger partial charge in [0.25, 0.3) is 5.69 Å². The Labute approximate surface area is 257 Å². The number of amides is 1. The van der Waals surface area contributed by atoms with Crippen molar-refractivity contribution in [3.63, 3.8) is 0 Å². The van der Waals surface area contributed by atoms with E-state index >= 15 is 0 Å². The Morgan fingerprint density at radius 1 is 1.07 bits per heavy atom. The number of benzene rings is 2. The van der Waals surface area contributed by atoms with Crippen LogP contribution in [0.1, 0.15) is 58.1 Å². The van der Waals surface area contributed by atoms with Gasteiger partial charge in [-0.2, -0.15) is 0 Å². The van der Waals surface area contributed by atoms with Gasteiger partial charge in [-0.15, -0.1) is 0 Å². The molecule has 0 radical (unpaired) electrons. The highest BCUT2D eigenvalue weighted by molar-refractivity contribution is 5.92. The summed E-state index contributed by atoms with van der Waals surface area (Å²) in [5.41, 5.74) is 1.51. The minimum Gasteiger partial charge on any atom is -0.460 e. The van der Waals surface area contributed by atoms with Crippen LogP contribution in [0.15, 0.2) is 60.8 Å². The third-order valence-electron chi connectivity index (χ3n) is 8.20. The van der Waals surface area contributed by atoms with Crippen molar-refractivity contribution >= 4 is 34.3 Å². The number of ether oxygens (including phenoxy) is 2. The van der Waals surface area contributed by atoms with Crippen LogP contribution in [0.3, 0.4) is 0 Å². The highest BCUT2D eigenvalue weighted by Gasteiger charge is 2.44. The smallest absolute Gasteiger partial charge is 0.309 e. The Morgan fingerprint density at radius 2 is 1.77 bits per heavy atom. The van der Waals surface area contributed by atoms with E-state index in [1.165, 1.54) is 19.2 Å². The molecule has 2 unspecified atom stereocenters. The minimum absolute atomic E-state index is 0.0428. The summed E-state index contributed by atoms with van der Waals surface area (Å²) in [5.74, 6) is -2.13. The molecule has 1 heterocycles. The number of non-ortho nitro benzene ring substituents is 1. The molecule has 44 heavy (non-hydrogen) atoms. The quantitative estimate of drug-likeness (QED) is 0.165. The zero-order valence-corrected chi connectivity index (χ0v) is 25.9. The number of hydrogen-bond acceptors (Lipinski definition) is 8. The average molecular weight is 604 g/mol. The van der Waals surface area contributed by atoms with E-state index in [4.69, 9.17) is 9.47 Å². The van der Waals surface area contributed by atoms with Crippen molar-refractivity contribution in [3.8, 4) is 0 Å². The number of Topliss-reactive ketones (excluding diaryl/α,β-unsaturated/α-hetero) is 1. The van der Waals surface area contributed by atoms with E-state index in [0.717, 1.165) is 23.7 Å². The Morgan fingerprint density at radius 3 is 2.43 bits per heavy atom. The first-order valence-corrected chi connectivity index (χ1v) is 15.0. The molecule has 3 aromatic rings. The number of hydrogen-bond donors (Lipinski definition) is 1. The van der Waals surface area contributed by atoms with E-state index in [-0.39, 0.29) is 48.0 Å². The summed E-state index contributed by atoms with van der Waals surface area (Å²) in [6, 6.07) is 14.6. The maximum Gasteiger partial charge on any atom is 0.309 e. The lowest BCUT2D eigenvalue weighted by Crippen LogP contribution is -2.49. The molecule has 1 fully saturated rings. The molecule has 1 amide bonds. The van der Waals surface area contributed by atoms with Crippen molar-refractivity contribution in [2.75, 3.05) is 7.11 Å². The van der Waals surface area contributed by atoms with Crippen molar-refractivity contribution in [3.05, 3.63) is 82.0 Å². The predicted octanol–water partition coefficient (Wildman–Crippen LogP) is 5.39. The third-order valence-corrected chi connectivity index (χ3v) is 8.20. The summed E-state index contributed by atoms with van der Waals surface area (Å²) >= 11 is 0. The molecule has 1 N–H and O–H groups in total. The predicted molar refractivity (Wildman–Crippen MR) is 166 cm³/mol. The number of ketones is 1. The summed E-state index contributed by atoms with van der Waals surface area (Å²) in [7, 11) is 1.53. The lowest BCUT2D eigenvalue weighted by atomic mass is 9.83. The van der Waals surface area contributed by atoms with Crippen LogP contribution in [-0.2, 0) is 36.7 Å². The molecule has 1 aliphatic carbocycles. The van der Waals surface area contributed by atoms with Gasteiger partial charge < -0.3 is 14.8 Å². The van der Waals surface area contributed by atoms with E-state index in [0.29, 0.717) is 17.5 Å². The topological polar surface area (TPSA) is 138 Å². The van der Waals surface area contributed by atoms with Crippen molar-refractivity contribution in [1.82, 2.24) is 10.3 Å². The first-order chi connectivity index (χ1) is 20.9. The van der Waals surface area contributed by atoms with E-state index in [1.54, 1.807) is 25.3 Å². The van der Waals surface area contributed by atoms with Crippen molar-refractivity contribution in [2.45, 2.75) is 77.5 Å².